The summed E-state index contributed by atoms with van der Waals surface area (Å²) in [5.41, 5.74) is 1.75. The van der Waals surface area contributed by atoms with E-state index in [9.17, 15) is 19.5 Å². The summed E-state index contributed by atoms with van der Waals surface area (Å²) in [7, 11) is 0. The van der Waals surface area contributed by atoms with E-state index >= 15 is 0 Å². The van der Waals surface area contributed by atoms with E-state index in [1.54, 1.807) is 6.92 Å². The van der Waals surface area contributed by atoms with Gasteiger partial charge in [-0.3, -0.25) is 14.4 Å². The largest absolute Gasteiger partial charge is 0.481 e. The van der Waals surface area contributed by atoms with Crippen molar-refractivity contribution in [2.45, 2.75) is 26.2 Å². The van der Waals surface area contributed by atoms with Gasteiger partial charge in [-0.25, -0.2) is 0 Å². The molecule has 6 nitrogen and oxygen atoms in total. The normalized spacial score (nSPS) is 29.8. The summed E-state index contributed by atoms with van der Waals surface area (Å²) in [5, 5.41) is 9.60. The van der Waals surface area contributed by atoms with Crippen molar-refractivity contribution in [1.29, 1.82) is 0 Å². The van der Waals surface area contributed by atoms with Gasteiger partial charge in [-0.05, 0) is 62.3 Å². The van der Waals surface area contributed by atoms with E-state index < -0.39 is 11.9 Å². The minimum atomic E-state index is -0.801. The first-order valence-electron chi connectivity index (χ1n) is 9.83. The maximum Gasteiger partial charge on any atom is 0.307 e. The lowest BCUT2D eigenvalue weighted by molar-refractivity contribution is -0.153. The SMILES string of the molecule is CC(=O)c1ccc(N2CCN(C(=O)[C@H]3[C@@H]4CC[C@@H](C4)[C@@H]3C(=O)O)CC2)cc1. The molecule has 2 bridgehead atoms. The molecule has 144 valence electrons. The lowest BCUT2D eigenvalue weighted by Crippen LogP contribution is -2.52. The molecule has 0 aromatic heterocycles. The number of carboxylic acid groups (broad SMARTS) is 1. The van der Waals surface area contributed by atoms with Crippen LogP contribution in [0.5, 0.6) is 0 Å². The summed E-state index contributed by atoms with van der Waals surface area (Å²) < 4.78 is 0. The number of aliphatic carboxylic acids is 1. The van der Waals surface area contributed by atoms with Crippen molar-refractivity contribution in [3.05, 3.63) is 29.8 Å². The monoisotopic (exact) mass is 370 g/mol. The third-order valence-corrected chi connectivity index (χ3v) is 6.72. The molecule has 1 heterocycles. The number of hydrogen-bond acceptors (Lipinski definition) is 4. The van der Waals surface area contributed by atoms with E-state index in [0.29, 0.717) is 18.7 Å². The number of nitrogens with zero attached hydrogens (tertiary/aromatic N) is 2. The first-order valence-corrected chi connectivity index (χ1v) is 9.83. The summed E-state index contributed by atoms with van der Waals surface area (Å²) in [6.07, 6.45) is 2.85. The van der Waals surface area contributed by atoms with Crippen LogP contribution in [0.25, 0.3) is 0 Å². The Hall–Kier alpha value is -2.37. The standard InChI is InChI=1S/C21H26N2O4/c1-13(24)14-4-6-17(7-5-14)22-8-10-23(11-9-22)20(25)18-15-2-3-16(12-15)19(18)21(26)27/h4-7,15-16,18-19H,2-3,8-12H2,1H3,(H,26,27)/t15-,16+,18+,19+/m1/s1. The van der Waals surface area contributed by atoms with Crippen molar-refractivity contribution in [3.63, 3.8) is 0 Å². The number of fused-ring (bicyclic) bond motifs is 2. The molecule has 3 fully saturated rings. The van der Waals surface area contributed by atoms with Crippen LogP contribution in [-0.4, -0.2) is 53.8 Å². The smallest absolute Gasteiger partial charge is 0.307 e. The maximum absolute atomic E-state index is 13.1. The average Bonchev–Trinajstić information content (AvgIpc) is 3.29. The summed E-state index contributed by atoms with van der Waals surface area (Å²) in [6.45, 7) is 4.24. The van der Waals surface area contributed by atoms with Crippen molar-refractivity contribution in [2.24, 2.45) is 23.7 Å². The number of rotatable bonds is 4. The van der Waals surface area contributed by atoms with E-state index in [2.05, 4.69) is 4.90 Å². The zero-order valence-electron chi connectivity index (χ0n) is 15.6. The van der Waals surface area contributed by atoms with Crippen LogP contribution in [0.1, 0.15) is 36.5 Å². The molecule has 0 unspecified atom stereocenters. The van der Waals surface area contributed by atoms with Gasteiger partial charge in [-0.15, -0.1) is 0 Å². The van der Waals surface area contributed by atoms with Crippen molar-refractivity contribution in [1.82, 2.24) is 4.90 Å². The topological polar surface area (TPSA) is 77.9 Å². The third-order valence-electron chi connectivity index (χ3n) is 6.72. The number of hydrogen-bond donors (Lipinski definition) is 1. The Balaban J connectivity index is 1.39. The molecule has 1 amide bonds. The van der Waals surface area contributed by atoms with Crippen molar-refractivity contribution in [3.8, 4) is 0 Å². The molecule has 1 N–H and O–H groups in total. The van der Waals surface area contributed by atoms with Crippen LogP contribution in [0.2, 0.25) is 0 Å². The fraction of sp³-hybridized carbons (Fsp3) is 0.571. The molecule has 1 saturated heterocycles. The molecule has 2 aliphatic carbocycles. The molecule has 0 radical (unpaired) electrons. The van der Waals surface area contributed by atoms with Gasteiger partial charge in [0, 0.05) is 37.4 Å². The van der Waals surface area contributed by atoms with Crippen LogP contribution >= 0.6 is 0 Å². The van der Waals surface area contributed by atoms with Gasteiger partial charge in [0.05, 0.1) is 11.8 Å². The van der Waals surface area contributed by atoms with Crippen LogP contribution in [0.4, 0.5) is 5.69 Å². The molecule has 27 heavy (non-hydrogen) atoms. The van der Waals surface area contributed by atoms with Crippen LogP contribution in [0.15, 0.2) is 24.3 Å². The molecule has 3 aliphatic rings. The fourth-order valence-electron chi connectivity index (χ4n) is 5.30. The lowest BCUT2D eigenvalue weighted by Gasteiger charge is -2.39. The van der Waals surface area contributed by atoms with Gasteiger partial charge in [0.15, 0.2) is 5.78 Å². The van der Waals surface area contributed by atoms with Gasteiger partial charge in [0.25, 0.3) is 0 Å². The highest BCUT2D eigenvalue weighted by Crippen LogP contribution is 2.53. The molecule has 6 heteroatoms. The van der Waals surface area contributed by atoms with Crippen molar-refractivity contribution in [2.75, 3.05) is 31.1 Å². The zero-order valence-corrected chi connectivity index (χ0v) is 15.6. The number of benzene rings is 1. The van der Waals surface area contributed by atoms with Crippen LogP contribution in [0, 0.1) is 23.7 Å². The second kappa shape index (κ2) is 6.98. The van der Waals surface area contributed by atoms with Gasteiger partial charge >= 0.3 is 5.97 Å². The Morgan fingerprint density at radius 1 is 0.926 bits per heavy atom. The molecule has 1 aliphatic heterocycles. The third kappa shape index (κ3) is 3.22. The number of Topliss-reactive ketones (excluding diaryl/α,β-unsaturated/α-hetero) is 1. The van der Waals surface area contributed by atoms with Gasteiger partial charge in [0.2, 0.25) is 5.91 Å². The van der Waals surface area contributed by atoms with Gasteiger partial charge in [-0.1, -0.05) is 0 Å². The van der Waals surface area contributed by atoms with Gasteiger partial charge < -0.3 is 14.9 Å². The minimum absolute atomic E-state index is 0.0428. The van der Waals surface area contributed by atoms with Crippen LogP contribution in [0.3, 0.4) is 0 Å². The fourth-order valence-corrected chi connectivity index (χ4v) is 5.30. The molecule has 4 atom stereocenters. The van der Waals surface area contributed by atoms with E-state index in [1.807, 2.05) is 29.2 Å². The first kappa shape index (κ1) is 18.0. The Labute approximate surface area is 159 Å². The van der Waals surface area contributed by atoms with E-state index in [4.69, 9.17) is 0 Å². The van der Waals surface area contributed by atoms with E-state index in [1.165, 1.54) is 0 Å². The number of carbonyl (C=O) groups is 3. The highest BCUT2D eigenvalue weighted by atomic mass is 16.4. The second-order valence-electron chi connectivity index (χ2n) is 8.14. The Morgan fingerprint density at radius 3 is 2.07 bits per heavy atom. The quantitative estimate of drug-likeness (QED) is 0.823. The van der Waals surface area contributed by atoms with Gasteiger partial charge in [-0.2, -0.15) is 0 Å². The predicted octanol–water partition coefficient (Wildman–Crippen LogP) is 2.28. The van der Waals surface area contributed by atoms with Crippen molar-refractivity contribution < 1.29 is 19.5 Å². The number of carbonyl (C=O) groups excluding carboxylic acids is 2. The number of anilines is 1. The summed E-state index contributed by atoms with van der Waals surface area (Å²) in [6, 6.07) is 7.57. The number of amides is 1. The number of piperazine rings is 1. The first-order chi connectivity index (χ1) is 13.0. The molecular weight excluding hydrogens is 344 g/mol. The lowest BCUT2D eigenvalue weighted by atomic mass is 9.78. The molecular formula is C21H26N2O4. The Bertz CT molecular complexity index is 752. The van der Waals surface area contributed by atoms with Crippen LogP contribution < -0.4 is 4.90 Å². The maximum atomic E-state index is 13.1. The van der Waals surface area contributed by atoms with Crippen LogP contribution in [-0.2, 0) is 9.59 Å². The zero-order chi connectivity index (χ0) is 19.1. The number of ketones is 1. The molecule has 1 aromatic carbocycles. The summed E-state index contributed by atoms with van der Waals surface area (Å²) >= 11 is 0. The Morgan fingerprint density at radius 2 is 1.52 bits per heavy atom. The number of carboxylic acids is 1. The van der Waals surface area contributed by atoms with Gasteiger partial charge in [0.1, 0.15) is 0 Å². The summed E-state index contributed by atoms with van der Waals surface area (Å²) in [5.74, 6) is -1.10. The van der Waals surface area contributed by atoms with E-state index in [-0.39, 0.29) is 29.4 Å². The summed E-state index contributed by atoms with van der Waals surface area (Å²) in [4.78, 5) is 40.3. The van der Waals surface area contributed by atoms with E-state index in [0.717, 1.165) is 38.0 Å². The second-order valence-corrected chi connectivity index (χ2v) is 8.14. The molecule has 0 spiro atoms. The average molecular weight is 370 g/mol. The predicted molar refractivity (Wildman–Crippen MR) is 101 cm³/mol. The molecule has 2 saturated carbocycles. The molecule has 4 rings (SSSR count). The van der Waals surface area contributed by atoms with Crippen molar-refractivity contribution >= 4 is 23.3 Å². The Kier molecular flexibility index (Phi) is 4.66. The molecule has 1 aromatic rings. The minimum Gasteiger partial charge on any atom is -0.481 e. The highest BCUT2D eigenvalue weighted by molar-refractivity contribution is 5.94. The highest BCUT2D eigenvalue weighted by Gasteiger charge is 2.54.